The van der Waals surface area contributed by atoms with Crippen LogP contribution in [0.1, 0.15) is 37.3 Å². The number of rotatable bonds is 1. The maximum Gasteiger partial charge on any atom is 0.319 e. The highest BCUT2D eigenvalue weighted by Gasteiger charge is 2.55. The molecule has 2 bridgehead atoms. The van der Waals surface area contributed by atoms with Gasteiger partial charge in [-0.15, -0.1) is 0 Å². The second-order valence-electron chi connectivity index (χ2n) is 6.36. The molecule has 1 aliphatic carbocycles. The third-order valence-corrected chi connectivity index (χ3v) is 4.85. The molecule has 1 aromatic rings. The van der Waals surface area contributed by atoms with Crippen LogP contribution in [0.15, 0.2) is 24.3 Å². The van der Waals surface area contributed by atoms with Crippen LogP contribution in [-0.2, 0) is 32.1 Å². The predicted octanol–water partition coefficient (Wildman–Crippen LogP) is 2.43. The molecule has 0 amide bonds. The van der Waals surface area contributed by atoms with Gasteiger partial charge >= 0.3 is 5.97 Å². The van der Waals surface area contributed by atoms with E-state index >= 15 is 0 Å². The maximum atomic E-state index is 12.6. The van der Waals surface area contributed by atoms with Gasteiger partial charge in [0.05, 0.1) is 19.3 Å². The zero-order valence-corrected chi connectivity index (χ0v) is 12.5. The molecule has 2 atom stereocenters. The Balaban J connectivity index is 2.13. The summed E-state index contributed by atoms with van der Waals surface area (Å²) >= 11 is 0. The van der Waals surface area contributed by atoms with Crippen molar-refractivity contribution in [1.29, 1.82) is 0 Å². The van der Waals surface area contributed by atoms with E-state index in [9.17, 15) is 9.59 Å². The molecular formula is C17H20O4. The Hall–Kier alpha value is -1.68. The average Bonchev–Trinajstić information content (AvgIpc) is 2.48. The van der Waals surface area contributed by atoms with Gasteiger partial charge in [-0.1, -0.05) is 24.3 Å². The molecule has 4 heteroatoms. The Bertz CT molecular complexity index is 584. The number of ketones is 1. The number of carbonyl (C=O) groups is 2. The first-order valence-corrected chi connectivity index (χ1v) is 7.32. The number of ether oxygens (including phenoxy) is 2. The van der Waals surface area contributed by atoms with Gasteiger partial charge in [-0.25, -0.2) is 0 Å². The summed E-state index contributed by atoms with van der Waals surface area (Å²) in [6.07, 6.45) is 1.84. The van der Waals surface area contributed by atoms with E-state index in [2.05, 4.69) is 0 Å². The number of hydrogen-bond donors (Lipinski definition) is 0. The first-order chi connectivity index (χ1) is 9.99. The van der Waals surface area contributed by atoms with Gasteiger partial charge in [0, 0.05) is 6.42 Å². The summed E-state index contributed by atoms with van der Waals surface area (Å²) in [4.78, 5) is 25.0. The van der Waals surface area contributed by atoms with Crippen molar-refractivity contribution in [3.63, 3.8) is 0 Å². The Morgan fingerprint density at radius 3 is 2.71 bits per heavy atom. The Morgan fingerprint density at radius 2 is 2.00 bits per heavy atom. The van der Waals surface area contributed by atoms with Crippen molar-refractivity contribution in [3.8, 4) is 0 Å². The van der Waals surface area contributed by atoms with Crippen LogP contribution < -0.4 is 0 Å². The summed E-state index contributed by atoms with van der Waals surface area (Å²) in [5.74, 6) is -0.453. The van der Waals surface area contributed by atoms with Crippen LogP contribution in [0.3, 0.4) is 0 Å². The van der Waals surface area contributed by atoms with Gasteiger partial charge in [0.2, 0.25) is 0 Å². The van der Waals surface area contributed by atoms with Gasteiger partial charge in [-0.05, 0) is 37.3 Å². The van der Waals surface area contributed by atoms with E-state index in [1.165, 1.54) is 7.11 Å². The van der Waals surface area contributed by atoms with Crippen LogP contribution >= 0.6 is 0 Å². The molecule has 4 nitrogen and oxygen atoms in total. The monoisotopic (exact) mass is 288 g/mol. The lowest BCUT2D eigenvalue weighted by Gasteiger charge is -2.45. The zero-order valence-electron chi connectivity index (χ0n) is 12.5. The van der Waals surface area contributed by atoms with Gasteiger partial charge in [-0.3, -0.25) is 9.59 Å². The van der Waals surface area contributed by atoms with E-state index in [4.69, 9.17) is 9.47 Å². The molecular weight excluding hydrogens is 268 g/mol. The molecule has 1 heterocycles. The van der Waals surface area contributed by atoms with Gasteiger partial charge < -0.3 is 9.47 Å². The minimum atomic E-state index is -1.10. The fourth-order valence-electron chi connectivity index (χ4n) is 3.63. The van der Waals surface area contributed by atoms with Crippen LogP contribution in [0.2, 0.25) is 0 Å². The molecule has 0 unspecified atom stereocenters. The highest BCUT2D eigenvalue weighted by atomic mass is 16.5. The second kappa shape index (κ2) is 4.95. The van der Waals surface area contributed by atoms with E-state index in [0.717, 1.165) is 11.1 Å². The third-order valence-electron chi connectivity index (χ3n) is 4.85. The molecule has 2 aliphatic rings. The molecule has 0 spiro atoms. The van der Waals surface area contributed by atoms with Crippen molar-refractivity contribution in [2.45, 2.75) is 44.8 Å². The third kappa shape index (κ3) is 2.27. The van der Waals surface area contributed by atoms with Crippen molar-refractivity contribution >= 4 is 11.8 Å². The lowest BCUT2D eigenvalue weighted by atomic mass is 9.63. The van der Waals surface area contributed by atoms with E-state index in [0.29, 0.717) is 32.3 Å². The second-order valence-corrected chi connectivity index (χ2v) is 6.36. The Morgan fingerprint density at radius 1 is 1.29 bits per heavy atom. The number of carbonyl (C=O) groups excluding carboxylic acids is 2. The molecule has 0 N–H and O–H groups in total. The summed E-state index contributed by atoms with van der Waals surface area (Å²) in [5.41, 5.74) is 0.500. The molecule has 1 aliphatic heterocycles. The largest absolute Gasteiger partial charge is 0.468 e. The molecule has 1 fully saturated rings. The van der Waals surface area contributed by atoms with Crippen molar-refractivity contribution in [2.24, 2.45) is 5.41 Å². The van der Waals surface area contributed by atoms with E-state index in [-0.39, 0.29) is 5.78 Å². The highest BCUT2D eigenvalue weighted by molar-refractivity contribution is 6.05. The normalized spacial score (nSPS) is 31.8. The van der Waals surface area contributed by atoms with E-state index in [1.54, 1.807) is 0 Å². The van der Waals surface area contributed by atoms with Gasteiger partial charge in [0.1, 0.15) is 5.41 Å². The topological polar surface area (TPSA) is 52.6 Å². The SMILES string of the molecule is COC(=O)[C@@]12Cc3ccccc3CO[C@@](C)(CCC1=O)C2. The Kier molecular flexibility index (Phi) is 3.36. The summed E-state index contributed by atoms with van der Waals surface area (Å²) in [6, 6.07) is 7.84. The van der Waals surface area contributed by atoms with E-state index < -0.39 is 17.0 Å². The van der Waals surface area contributed by atoms with Crippen molar-refractivity contribution < 1.29 is 19.1 Å². The molecule has 3 rings (SSSR count). The summed E-state index contributed by atoms with van der Waals surface area (Å²) in [7, 11) is 1.35. The standard InChI is InChI=1S/C17H20O4/c1-16-8-7-14(18)17(11-16,15(19)20-2)9-12-5-3-4-6-13(12)10-21-16/h3-6H,7-11H2,1-2H3/t16-,17+/m0/s1. The van der Waals surface area contributed by atoms with Gasteiger partial charge in [0.15, 0.2) is 5.78 Å². The number of esters is 1. The lowest BCUT2D eigenvalue weighted by molar-refractivity contribution is -0.173. The van der Waals surface area contributed by atoms with E-state index in [1.807, 2.05) is 31.2 Å². The fraction of sp³-hybridized carbons (Fsp3) is 0.529. The number of benzene rings is 1. The summed E-state index contributed by atoms with van der Waals surface area (Å²) in [6.45, 7) is 2.52. The molecule has 0 saturated heterocycles. The molecule has 0 radical (unpaired) electrons. The first kappa shape index (κ1) is 14.3. The van der Waals surface area contributed by atoms with Crippen LogP contribution in [0, 0.1) is 5.41 Å². The van der Waals surface area contributed by atoms with Crippen LogP contribution in [0.5, 0.6) is 0 Å². The number of methoxy groups -OCH3 is 1. The fourth-order valence-corrected chi connectivity index (χ4v) is 3.63. The molecule has 21 heavy (non-hydrogen) atoms. The number of Topliss-reactive ketones (excluding diaryl/α,β-unsaturated/α-hetero) is 1. The van der Waals surface area contributed by atoms with Crippen molar-refractivity contribution in [1.82, 2.24) is 0 Å². The quantitative estimate of drug-likeness (QED) is 0.588. The summed E-state index contributed by atoms with van der Waals surface area (Å²) in [5, 5.41) is 0. The number of fused-ring (bicyclic) bond motifs is 3. The zero-order chi connectivity index (χ0) is 15.1. The molecule has 1 aromatic carbocycles. The molecule has 1 saturated carbocycles. The van der Waals surface area contributed by atoms with Crippen LogP contribution in [0.25, 0.3) is 0 Å². The smallest absolute Gasteiger partial charge is 0.319 e. The van der Waals surface area contributed by atoms with Crippen LogP contribution in [0.4, 0.5) is 0 Å². The first-order valence-electron chi connectivity index (χ1n) is 7.32. The summed E-state index contributed by atoms with van der Waals surface area (Å²) < 4.78 is 11.1. The van der Waals surface area contributed by atoms with Crippen LogP contribution in [-0.4, -0.2) is 24.5 Å². The lowest BCUT2D eigenvalue weighted by Crippen LogP contribution is -2.53. The van der Waals surface area contributed by atoms with Crippen molar-refractivity contribution in [3.05, 3.63) is 35.4 Å². The van der Waals surface area contributed by atoms with Crippen molar-refractivity contribution in [2.75, 3.05) is 7.11 Å². The maximum absolute atomic E-state index is 12.6. The number of hydrogen-bond acceptors (Lipinski definition) is 4. The molecule has 0 aromatic heterocycles. The van der Waals surface area contributed by atoms with Gasteiger partial charge in [0.25, 0.3) is 0 Å². The highest BCUT2D eigenvalue weighted by Crippen LogP contribution is 2.46. The van der Waals surface area contributed by atoms with Gasteiger partial charge in [-0.2, -0.15) is 0 Å². The minimum absolute atomic E-state index is 0.0212. The minimum Gasteiger partial charge on any atom is -0.468 e. The average molecular weight is 288 g/mol. The predicted molar refractivity (Wildman–Crippen MR) is 76.6 cm³/mol. The Labute approximate surface area is 124 Å². The molecule has 112 valence electrons.